The molecule has 0 spiro atoms. The Morgan fingerprint density at radius 1 is 1.34 bits per heavy atom. The minimum absolute atomic E-state index is 0.228. The van der Waals surface area contributed by atoms with Crippen LogP contribution in [0.4, 0.5) is 5.69 Å². The molecule has 3 atom stereocenters. The van der Waals surface area contributed by atoms with Crippen LogP contribution in [0.5, 0.6) is 0 Å². The molecule has 7 heteroatoms. The lowest BCUT2D eigenvalue weighted by Crippen LogP contribution is -2.23. The number of imidazole rings is 1. The third kappa shape index (κ3) is 3.42. The number of benzene rings is 1. The molecule has 29 heavy (non-hydrogen) atoms. The monoisotopic (exact) mass is 385 g/mol. The number of nitrogens with zero attached hydrogens (tertiary/aromatic N) is 5. The normalized spacial score (nSPS) is 24.1. The Balaban J connectivity index is 1.25. The smallest absolute Gasteiger partial charge is 0.111 e. The lowest BCUT2D eigenvalue weighted by molar-refractivity contribution is 0.745. The van der Waals surface area contributed by atoms with Gasteiger partial charge in [-0.15, -0.1) is 0 Å². The van der Waals surface area contributed by atoms with Crippen molar-refractivity contribution in [2.45, 2.75) is 31.7 Å². The van der Waals surface area contributed by atoms with E-state index >= 15 is 0 Å². The Morgan fingerprint density at radius 3 is 3.03 bits per heavy atom. The molecule has 2 unspecified atom stereocenters. The second-order valence-electron chi connectivity index (χ2n) is 8.01. The molecule has 0 bridgehead atoms. The summed E-state index contributed by atoms with van der Waals surface area (Å²) in [4.78, 5) is 19.6. The Morgan fingerprint density at radius 2 is 2.24 bits per heavy atom. The summed E-state index contributed by atoms with van der Waals surface area (Å²) in [6.45, 7) is 3.85. The standard InChI is InChI=1S/C22H23N7/c1-13-2-4-16(11-25-13)29-7-6-15(12-29)26-21(24)17-9-18(17)22-27-19-5-3-14(10-23)8-20(19)28-22/h2-5,8,11,15,17-18H,6-7,9,12H2,1H3,(H2,24,26)(H,27,28)/t15-,17?,18?/m1/s1. The van der Waals surface area contributed by atoms with Gasteiger partial charge in [0.1, 0.15) is 5.82 Å². The highest BCUT2D eigenvalue weighted by atomic mass is 15.2. The molecule has 1 aliphatic heterocycles. The van der Waals surface area contributed by atoms with Crippen LogP contribution >= 0.6 is 0 Å². The number of aryl methyl sites for hydroxylation is 1. The number of H-pyrrole nitrogens is 1. The fourth-order valence-corrected chi connectivity index (χ4v) is 4.13. The number of nitrogens with two attached hydrogens (primary N) is 1. The number of aromatic amines is 1. The maximum Gasteiger partial charge on any atom is 0.111 e. The van der Waals surface area contributed by atoms with Crippen LogP contribution < -0.4 is 10.6 Å². The molecular weight excluding hydrogens is 362 g/mol. The molecular formula is C22H23N7. The van der Waals surface area contributed by atoms with Crippen LogP contribution in [0.25, 0.3) is 11.0 Å². The number of amidine groups is 1. The van der Waals surface area contributed by atoms with Crippen molar-refractivity contribution in [1.82, 2.24) is 15.0 Å². The van der Waals surface area contributed by atoms with Gasteiger partial charge < -0.3 is 15.6 Å². The molecule has 1 saturated heterocycles. The Hall–Kier alpha value is -3.40. The minimum Gasteiger partial charge on any atom is -0.387 e. The minimum atomic E-state index is 0.228. The Kier molecular flexibility index (Phi) is 4.20. The molecule has 0 radical (unpaired) electrons. The summed E-state index contributed by atoms with van der Waals surface area (Å²) in [5.74, 6) is 2.22. The van der Waals surface area contributed by atoms with E-state index in [0.717, 1.165) is 60.0 Å². The maximum absolute atomic E-state index is 9.06. The summed E-state index contributed by atoms with van der Waals surface area (Å²) >= 11 is 0. The topological polar surface area (TPSA) is 107 Å². The van der Waals surface area contributed by atoms with E-state index in [1.165, 1.54) is 0 Å². The van der Waals surface area contributed by atoms with Crippen molar-refractivity contribution in [3.8, 4) is 6.07 Å². The fourth-order valence-electron chi connectivity index (χ4n) is 4.13. The first kappa shape index (κ1) is 17.7. The number of nitrogens with one attached hydrogen (secondary N) is 1. The highest BCUT2D eigenvalue weighted by Crippen LogP contribution is 2.47. The summed E-state index contributed by atoms with van der Waals surface area (Å²) in [6.07, 6.45) is 3.91. The molecule has 7 nitrogen and oxygen atoms in total. The fraction of sp³-hybridized carbons (Fsp3) is 0.364. The second-order valence-corrected chi connectivity index (χ2v) is 8.01. The summed E-state index contributed by atoms with van der Waals surface area (Å²) in [7, 11) is 0. The largest absolute Gasteiger partial charge is 0.387 e. The first-order valence-corrected chi connectivity index (χ1v) is 10.0. The molecule has 1 aromatic carbocycles. The van der Waals surface area contributed by atoms with Crippen LogP contribution in [0, 0.1) is 24.2 Å². The van der Waals surface area contributed by atoms with Gasteiger partial charge in [-0.2, -0.15) is 5.26 Å². The van der Waals surface area contributed by atoms with E-state index < -0.39 is 0 Å². The average molecular weight is 385 g/mol. The number of nitriles is 1. The molecule has 3 aromatic rings. The summed E-state index contributed by atoms with van der Waals surface area (Å²) in [5, 5.41) is 9.06. The number of rotatable bonds is 4. The van der Waals surface area contributed by atoms with Crippen molar-refractivity contribution >= 4 is 22.6 Å². The third-order valence-corrected chi connectivity index (χ3v) is 5.91. The first-order valence-electron chi connectivity index (χ1n) is 10.0. The molecule has 5 rings (SSSR count). The van der Waals surface area contributed by atoms with Crippen molar-refractivity contribution < 1.29 is 0 Å². The molecule has 2 fully saturated rings. The van der Waals surface area contributed by atoms with E-state index in [4.69, 9.17) is 16.0 Å². The van der Waals surface area contributed by atoms with Crippen molar-refractivity contribution in [3.05, 3.63) is 53.6 Å². The van der Waals surface area contributed by atoms with E-state index in [0.29, 0.717) is 5.56 Å². The number of anilines is 1. The predicted molar refractivity (Wildman–Crippen MR) is 113 cm³/mol. The van der Waals surface area contributed by atoms with Crippen LogP contribution in [0.3, 0.4) is 0 Å². The van der Waals surface area contributed by atoms with Crippen molar-refractivity contribution in [3.63, 3.8) is 0 Å². The molecule has 2 aromatic heterocycles. The number of aromatic nitrogens is 3. The van der Waals surface area contributed by atoms with Crippen LogP contribution in [0.15, 0.2) is 41.5 Å². The summed E-state index contributed by atoms with van der Waals surface area (Å²) in [6, 6.07) is 12.1. The van der Waals surface area contributed by atoms with Crippen LogP contribution in [-0.2, 0) is 0 Å². The van der Waals surface area contributed by atoms with Gasteiger partial charge in [-0.3, -0.25) is 9.98 Å². The number of aliphatic imine (C=N–C) groups is 1. The summed E-state index contributed by atoms with van der Waals surface area (Å²) < 4.78 is 0. The first-order chi connectivity index (χ1) is 14.1. The zero-order valence-electron chi connectivity index (χ0n) is 16.3. The maximum atomic E-state index is 9.06. The van der Waals surface area contributed by atoms with Crippen LogP contribution in [-0.4, -0.2) is 39.9 Å². The molecule has 3 N–H and O–H groups in total. The van der Waals surface area contributed by atoms with E-state index in [9.17, 15) is 0 Å². The molecule has 146 valence electrons. The predicted octanol–water partition coefficient (Wildman–Crippen LogP) is 2.88. The molecule has 2 aliphatic rings. The molecule has 0 amide bonds. The molecule has 1 saturated carbocycles. The van der Waals surface area contributed by atoms with Crippen LogP contribution in [0.2, 0.25) is 0 Å². The number of hydrogen-bond donors (Lipinski definition) is 2. The lowest BCUT2D eigenvalue weighted by Gasteiger charge is -2.17. The zero-order valence-corrected chi connectivity index (χ0v) is 16.3. The Bertz CT molecular complexity index is 1120. The highest BCUT2D eigenvalue weighted by Gasteiger charge is 2.44. The highest BCUT2D eigenvalue weighted by molar-refractivity contribution is 5.87. The number of hydrogen-bond acceptors (Lipinski definition) is 5. The van der Waals surface area contributed by atoms with Gasteiger partial charge in [-0.1, -0.05) is 0 Å². The van der Waals surface area contributed by atoms with Gasteiger partial charge >= 0.3 is 0 Å². The van der Waals surface area contributed by atoms with Crippen LogP contribution in [0.1, 0.15) is 35.8 Å². The van der Waals surface area contributed by atoms with E-state index in [2.05, 4.69) is 32.0 Å². The third-order valence-electron chi connectivity index (χ3n) is 5.91. The Labute approximate surface area is 169 Å². The van der Waals surface area contributed by atoms with E-state index in [1.807, 2.05) is 31.3 Å². The lowest BCUT2D eigenvalue weighted by atomic mass is 10.2. The van der Waals surface area contributed by atoms with Gasteiger partial charge in [0.05, 0.1) is 46.4 Å². The van der Waals surface area contributed by atoms with Gasteiger partial charge in [-0.05, 0) is 50.1 Å². The van der Waals surface area contributed by atoms with E-state index in [-0.39, 0.29) is 17.9 Å². The molecule has 3 heterocycles. The average Bonchev–Trinajstić information content (AvgIpc) is 3.21. The van der Waals surface area contributed by atoms with Crippen molar-refractivity contribution in [2.24, 2.45) is 16.6 Å². The zero-order chi connectivity index (χ0) is 20.0. The molecule has 1 aliphatic carbocycles. The van der Waals surface area contributed by atoms with Gasteiger partial charge in [0.15, 0.2) is 0 Å². The van der Waals surface area contributed by atoms with Crippen molar-refractivity contribution in [1.29, 1.82) is 5.26 Å². The number of fused-ring (bicyclic) bond motifs is 1. The second kappa shape index (κ2) is 6.89. The summed E-state index contributed by atoms with van der Waals surface area (Å²) in [5.41, 5.74) is 11.0. The van der Waals surface area contributed by atoms with Gasteiger partial charge in [0.2, 0.25) is 0 Å². The van der Waals surface area contributed by atoms with Gasteiger partial charge in [-0.25, -0.2) is 4.98 Å². The SMILES string of the molecule is Cc1ccc(N2CC[C@@H](N=C(N)C3CC3c3nc4ccc(C#N)cc4[nH]3)C2)cn1. The van der Waals surface area contributed by atoms with Crippen molar-refractivity contribution in [2.75, 3.05) is 18.0 Å². The quantitative estimate of drug-likeness (QED) is 0.530. The van der Waals surface area contributed by atoms with Gasteiger partial charge in [0.25, 0.3) is 0 Å². The van der Waals surface area contributed by atoms with E-state index in [1.54, 1.807) is 6.07 Å². The number of pyridine rings is 1. The van der Waals surface area contributed by atoms with Gasteiger partial charge in [0, 0.05) is 30.6 Å².